The highest BCUT2D eigenvalue weighted by Crippen LogP contribution is 2.35. The van der Waals surface area contributed by atoms with Gasteiger partial charge in [0.15, 0.2) is 0 Å². The lowest BCUT2D eigenvalue weighted by Gasteiger charge is -2.14. The van der Waals surface area contributed by atoms with Crippen LogP contribution < -0.4 is 16.0 Å². The Bertz CT molecular complexity index is 609. The van der Waals surface area contributed by atoms with Crippen LogP contribution in [0.25, 0.3) is 0 Å². The quantitative estimate of drug-likeness (QED) is 0.662. The van der Waals surface area contributed by atoms with Crippen LogP contribution in [0.1, 0.15) is 37.0 Å². The van der Waals surface area contributed by atoms with Crippen LogP contribution in [0.3, 0.4) is 0 Å². The predicted molar refractivity (Wildman–Crippen MR) is 80.8 cm³/mol. The van der Waals surface area contributed by atoms with Crippen LogP contribution in [-0.2, 0) is 4.79 Å². The first-order valence-corrected chi connectivity index (χ1v) is 7.06. The summed E-state index contributed by atoms with van der Waals surface area (Å²) in [6.07, 6.45) is 0.867. The molecule has 0 radical (unpaired) electrons. The number of benzene rings is 1. The average molecular weight is 305 g/mol. The molecule has 1 aromatic carbocycles. The number of anilines is 1. The van der Waals surface area contributed by atoms with Gasteiger partial charge in [0.1, 0.15) is 5.54 Å². The van der Waals surface area contributed by atoms with Crippen molar-refractivity contribution < 1.29 is 19.5 Å². The molecule has 0 unspecified atom stereocenters. The standard InChI is InChI=1S/C15H19N3O4/c1-9(2)16-14(22)17-11-5-3-4-10(8-11)12(19)18-15(6-7-15)13(20)21/h3-5,8-9H,6-7H2,1-2H3,(H,18,19)(H,20,21)(H2,16,17,22). The highest BCUT2D eigenvalue weighted by atomic mass is 16.4. The molecule has 0 aromatic heterocycles. The highest BCUT2D eigenvalue weighted by molar-refractivity contribution is 6.00. The van der Waals surface area contributed by atoms with E-state index in [1.165, 1.54) is 6.07 Å². The summed E-state index contributed by atoms with van der Waals surface area (Å²) in [6, 6.07) is 5.99. The first kappa shape index (κ1) is 15.8. The Hall–Kier alpha value is -2.57. The van der Waals surface area contributed by atoms with Gasteiger partial charge >= 0.3 is 12.0 Å². The van der Waals surface area contributed by atoms with Gasteiger partial charge in [-0.05, 0) is 44.9 Å². The number of amides is 3. The molecule has 0 bridgehead atoms. The minimum atomic E-state index is -1.13. The third-order valence-electron chi connectivity index (χ3n) is 3.31. The van der Waals surface area contributed by atoms with Gasteiger partial charge in [-0.25, -0.2) is 9.59 Å². The molecule has 7 nitrogen and oxygen atoms in total. The van der Waals surface area contributed by atoms with E-state index in [1.54, 1.807) is 18.2 Å². The summed E-state index contributed by atoms with van der Waals surface area (Å²) in [5.41, 5.74) is -0.365. The normalized spacial score (nSPS) is 15.0. The van der Waals surface area contributed by atoms with E-state index in [1.807, 2.05) is 13.8 Å². The van der Waals surface area contributed by atoms with Crippen molar-refractivity contribution in [2.75, 3.05) is 5.32 Å². The summed E-state index contributed by atoms with van der Waals surface area (Å²) in [5, 5.41) is 16.9. The van der Waals surface area contributed by atoms with Crippen LogP contribution in [0.4, 0.5) is 10.5 Å². The fourth-order valence-corrected chi connectivity index (χ4v) is 1.97. The first-order chi connectivity index (χ1) is 10.3. The third kappa shape index (κ3) is 3.75. The molecule has 1 aromatic rings. The lowest BCUT2D eigenvalue weighted by Crippen LogP contribution is -2.43. The lowest BCUT2D eigenvalue weighted by molar-refractivity contribution is -0.140. The summed E-state index contributed by atoms with van der Waals surface area (Å²) in [5.74, 6) is -1.49. The maximum absolute atomic E-state index is 12.1. The van der Waals surface area contributed by atoms with E-state index in [9.17, 15) is 14.4 Å². The molecule has 0 heterocycles. The summed E-state index contributed by atoms with van der Waals surface area (Å²) in [7, 11) is 0. The van der Waals surface area contributed by atoms with Crippen molar-refractivity contribution in [1.82, 2.24) is 10.6 Å². The molecular weight excluding hydrogens is 286 g/mol. The number of hydrogen-bond acceptors (Lipinski definition) is 3. The van der Waals surface area contributed by atoms with Gasteiger partial charge in [-0.15, -0.1) is 0 Å². The maximum atomic E-state index is 12.1. The average Bonchev–Trinajstić information content (AvgIpc) is 3.19. The van der Waals surface area contributed by atoms with E-state index >= 15 is 0 Å². The summed E-state index contributed by atoms with van der Waals surface area (Å²) < 4.78 is 0. The van der Waals surface area contributed by atoms with Crippen LogP contribution in [0.15, 0.2) is 24.3 Å². The van der Waals surface area contributed by atoms with Gasteiger partial charge in [0.05, 0.1) is 0 Å². The lowest BCUT2D eigenvalue weighted by atomic mass is 10.1. The molecule has 7 heteroatoms. The second-order valence-corrected chi connectivity index (χ2v) is 5.68. The fourth-order valence-electron chi connectivity index (χ4n) is 1.97. The van der Waals surface area contributed by atoms with Crippen LogP contribution in [-0.4, -0.2) is 34.6 Å². The van der Waals surface area contributed by atoms with Crippen LogP contribution in [0, 0.1) is 0 Å². The third-order valence-corrected chi connectivity index (χ3v) is 3.31. The Morgan fingerprint density at radius 1 is 1.23 bits per heavy atom. The second kappa shape index (κ2) is 6.05. The smallest absolute Gasteiger partial charge is 0.329 e. The van der Waals surface area contributed by atoms with Gasteiger partial charge in [0.25, 0.3) is 5.91 Å². The van der Waals surface area contributed by atoms with Gasteiger partial charge in [-0.1, -0.05) is 6.07 Å². The Morgan fingerprint density at radius 3 is 2.45 bits per heavy atom. The van der Waals surface area contributed by atoms with Gasteiger partial charge in [-0.3, -0.25) is 4.79 Å². The van der Waals surface area contributed by atoms with E-state index in [0.717, 1.165) is 0 Å². The zero-order valence-corrected chi connectivity index (χ0v) is 12.5. The number of hydrogen-bond donors (Lipinski definition) is 4. The second-order valence-electron chi connectivity index (χ2n) is 5.68. The fraction of sp³-hybridized carbons (Fsp3) is 0.400. The van der Waals surface area contributed by atoms with E-state index in [0.29, 0.717) is 24.1 Å². The molecule has 4 N–H and O–H groups in total. The molecule has 1 aliphatic carbocycles. The van der Waals surface area contributed by atoms with Gasteiger partial charge in [-0.2, -0.15) is 0 Å². The van der Waals surface area contributed by atoms with Crippen LogP contribution in [0.5, 0.6) is 0 Å². The van der Waals surface area contributed by atoms with Crippen LogP contribution in [0.2, 0.25) is 0 Å². The Morgan fingerprint density at radius 2 is 1.91 bits per heavy atom. The van der Waals surface area contributed by atoms with Crippen LogP contribution >= 0.6 is 0 Å². The van der Waals surface area contributed by atoms with E-state index in [4.69, 9.17) is 5.11 Å². The van der Waals surface area contributed by atoms with Gasteiger partial charge < -0.3 is 21.1 Å². The molecule has 3 amide bonds. The summed E-state index contributed by atoms with van der Waals surface area (Å²) in [6.45, 7) is 3.68. The van der Waals surface area contributed by atoms with Gasteiger partial charge in [0.2, 0.25) is 0 Å². The number of rotatable bonds is 5. The van der Waals surface area contributed by atoms with Crippen molar-refractivity contribution in [2.24, 2.45) is 0 Å². The Balaban J connectivity index is 2.03. The molecule has 1 fully saturated rings. The molecule has 0 spiro atoms. The summed E-state index contributed by atoms with van der Waals surface area (Å²) in [4.78, 5) is 34.8. The van der Waals surface area contributed by atoms with Crippen molar-refractivity contribution in [1.29, 1.82) is 0 Å². The molecule has 0 atom stereocenters. The SMILES string of the molecule is CC(C)NC(=O)Nc1cccc(C(=O)NC2(C(=O)O)CC2)c1. The molecule has 1 aliphatic rings. The Labute approximate surface area is 128 Å². The van der Waals surface area contributed by atoms with Crippen molar-refractivity contribution in [2.45, 2.75) is 38.3 Å². The number of carboxylic acid groups (broad SMARTS) is 1. The number of carbonyl (C=O) groups excluding carboxylic acids is 2. The number of nitrogens with one attached hydrogen (secondary N) is 3. The Kier molecular flexibility index (Phi) is 4.35. The predicted octanol–water partition coefficient (Wildman–Crippen LogP) is 1.56. The van der Waals surface area contributed by atoms with Crippen molar-refractivity contribution in [3.8, 4) is 0 Å². The van der Waals surface area contributed by atoms with Crippen molar-refractivity contribution in [3.63, 3.8) is 0 Å². The van der Waals surface area contributed by atoms with E-state index < -0.39 is 17.4 Å². The monoisotopic (exact) mass is 305 g/mol. The molecule has 0 saturated heterocycles. The van der Waals surface area contributed by atoms with Crippen molar-refractivity contribution >= 4 is 23.6 Å². The molecule has 1 saturated carbocycles. The minimum Gasteiger partial charge on any atom is -0.480 e. The molecular formula is C15H19N3O4. The maximum Gasteiger partial charge on any atom is 0.329 e. The largest absolute Gasteiger partial charge is 0.480 e. The van der Waals surface area contributed by atoms with Gasteiger partial charge in [0, 0.05) is 17.3 Å². The highest BCUT2D eigenvalue weighted by Gasteiger charge is 2.51. The number of urea groups is 1. The zero-order valence-electron chi connectivity index (χ0n) is 12.5. The number of carbonyl (C=O) groups is 3. The minimum absolute atomic E-state index is 0.00299. The molecule has 118 valence electrons. The number of carboxylic acids is 1. The zero-order chi connectivity index (χ0) is 16.3. The topological polar surface area (TPSA) is 108 Å². The number of aliphatic carboxylic acids is 1. The van der Waals surface area contributed by atoms with Crippen molar-refractivity contribution in [3.05, 3.63) is 29.8 Å². The molecule has 0 aliphatic heterocycles. The van der Waals surface area contributed by atoms with E-state index in [-0.39, 0.29) is 12.1 Å². The molecule has 22 heavy (non-hydrogen) atoms. The molecule has 2 rings (SSSR count). The first-order valence-electron chi connectivity index (χ1n) is 7.06. The summed E-state index contributed by atoms with van der Waals surface area (Å²) >= 11 is 0. The van der Waals surface area contributed by atoms with E-state index in [2.05, 4.69) is 16.0 Å².